The number of likely N-dealkylation sites (N-methyl/N-ethyl adjacent to an activating group) is 1. The Morgan fingerprint density at radius 1 is 1.47 bits per heavy atom. The molecule has 0 bridgehead atoms. The second-order valence-corrected chi connectivity index (χ2v) is 4.46. The molecule has 1 aromatic heterocycles. The second kappa shape index (κ2) is 4.71. The van der Waals surface area contributed by atoms with Crippen LogP contribution in [0.1, 0.15) is 17.4 Å². The first-order chi connectivity index (χ1) is 8.08. The van der Waals surface area contributed by atoms with Crippen molar-refractivity contribution >= 4 is 11.8 Å². The number of piperazine rings is 1. The summed E-state index contributed by atoms with van der Waals surface area (Å²) in [5.41, 5.74) is 0.106. The van der Waals surface area contributed by atoms with Crippen molar-refractivity contribution in [3.05, 3.63) is 23.9 Å². The highest BCUT2D eigenvalue weighted by atomic mass is 16.4. The van der Waals surface area contributed by atoms with Crippen LogP contribution in [0, 0.1) is 0 Å². The van der Waals surface area contributed by atoms with Crippen LogP contribution in [0.2, 0.25) is 0 Å². The van der Waals surface area contributed by atoms with Gasteiger partial charge >= 0.3 is 5.97 Å². The lowest BCUT2D eigenvalue weighted by atomic mass is 10.2. The normalized spacial score (nSPS) is 21.5. The highest BCUT2D eigenvalue weighted by molar-refractivity contribution is 5.85. The molecular weight excluding hydrogens is 218 g/mol. The zero-order valence-electron chi connectivity index (χ0n) is 10.1. The molecule has 92 valence electrons. The Morgan fingerprint density at radius 3 is 2.88 bits per heavy atom. The number of hydrogen-bond donors (Lipinski definition) is 1. The third kappa shape index (κ3) is 2.55. The molecule has 1 aromatic rings. The van der Waals surface area contributed by atoms with E-state index >= 15 is 0 Å². The second-order valence-electron chi connectivity index (χ2n) is 4.46. The predicted octanol–water partition coefficient (Wildman–Crippen LogP) is 0.920. The highest BCUT2D eigenvalue weighted by Crippen LogP contribution is 2.16. The number of hydrogen-bond acceptors (Lipinski definition) is 4. The number of pyridine rings is 1. The maximum atomic E-state index is 10.9. The van der Waals surface area contributed by atoms with E-state index in [2.05, 4.69) is 28.8 Å². The molecule has 0 amide bonds. The van der Waals surface area contributed by atoms with Gasteiger partial charge in [-0.15, -0.1) is 0 Å². The zero-order chi connectivity index (χ0) is 12.4. The Hall–Kier alpha value is -1.62. The topological polar surface area (TPSA) is 56.7 Å². The van der Waals surface area contributed by atoms with Crippen molar-refractivity contribution in [2.24, 2.45) is 0 Å². The van der Waals surface area contributed by atoms with E-state index in [1.807, 2.05) is 6.07 Å². The summed E-state index contributed by atoms with van der Waals surface area (Å²) in [5, 5.41) is 8.91. The van der Waals surface area contributed by atoms with E-state index in [1.54, 1.807) is 6.07 Å². The minimum absolute atomic E-state index is 0.106. The first-order valence-corrected chi connectivity index (χ1v) is 5.73. The Balaban J connectivity index is 2.17. The third-order valence-corrected chi connectivity index (χ3v) is 3.24. The first kappa shape index (κ1) is 11.9. The van der Waals surface area contributed by atoms with Gasteiger partial charge in [-0.3, -0.25) is 0 Å². The lowest BCUT2D eigenvalue weighted by Gasteiger charge is -2.38. The van der Waals surface area contributed by atoms with Gasteiger partial charge in [0.15, 0.2) is 5.69 Å². The number of anilines is 1. The molecular formula is C12H17N3O2. The number of rotatable bonds is 2. The highest BCUT2D eigenvalue weighted by Gasteiger charge is 2.21. The molecule has 1 saturated heterocycles. The van der Waals surface area contributed by atoms with Crippen LogP contribution in [-0.2, 0) is 0 Å². The van der Waals surface area contributed by atoms with Crippen LogP contribution in [0.5, 0.6) is 0 Å². The predicted molar refractivity (Wildman–Crippen MR) is 65.5 cm³/mol. The van der Waals surface area contributed by atoms with E-state index in [0.717, 1.165) is 25.5 Å². The van der Waals surface area contributed by atoms with E-state index in [9.17, 15) is 4.79 Å². The maximum Gasteiger partial charge on any atom is 0.354 e. The van der Waals surface area contributed by atoms with Gasteiger partial charge in [0.25, 0.3) is 0 Å². The van der Waals surface area contributed by atoms with Crippen molar-refractivity contribution in [3.8, 4) is 0 Å². The Labute approximate surface area is 101 Å². The summed E-state index contributed by atoms with van der Waals surface area (Å²) >= 11 is 0. The Morgan fingerprint density at radius 2 is 2.24 bits per heavy atom. The monoisotopic (exact) mass is 235 g/mol. The van der Waals surface area contributed by atoms with Crippen LogP contribution >= 0.6 is 0 Å². The average Bonchev–Trinajstić information content (AvgIpc) is 2.33. The molecule has 5 nitrogen and oxygen atoms in total. The smallest absolute Gasteiger partial charge is 0.354 e. The SMILES string of the molecule is CC1CN(c2cccc(C(=O)O)n2)CCN1C. The fraction of sp³-hybridized carbons (Fsp3) is 0.500. The molecule has 2 rings (SSSR count). The lowest BCUT2D eigenvalue weighted by Crippen LogP contribution is -2.50. The fourth-order valence-electron chi connectivity index (χ4n) is 1.98. The van der Waals surface area contributed by atoms with Gasteiger partial charge in [0, 0.05) is 25.7 Å². The van der Waals surface area contributed by atoms with Gasteiger partial charge in [0.05, 0.1) is 0 Å². The van der Waals surface area contributed by atoms with Crippen molar-refractivity contribution in [3.63, 3.8) is 0 Å². The van der Waals surface area contributed by atoms with E-state index in [0.29, 0.717) is 6.04 Å². The quantitative estimate of drug-likeness (QED) is 0.826. The van der Waals surface area contributed by atoms with Gasteiger partial charge in [0.1, 0.15) is 5.82 Å². The summed E-state index contributed by atoms with van der Waals surface area (Å²) in [5.74, 6) is -0.223. The number of aromatic nitrogens is 1. The van der Waals surface area contributed by atoms with E-state index < -0.39 is 5.97 Å². The summed E-state index contributed by atoms with van der Waals surface area (Å²) in [7, 11) is 2.10. The maximum absolute atomic E-state index is 10.9. The molecule has 2 heterocycles. The van der Waals surface area contributed by atoms with Gasteiger partial charge < -0.3 is 14.9 Å². The van der Waals surface area contributed by atoms with Crippen molar-refractivity contribution in [2.45, 2.75) is 13.0 Å². The summed E-state index contributed by atoms with van der Waals surface area (Å²) < 4.78 is 0. The van der Waals surface area contributed by atoms with E-state index in [4.69, 9.17) is 5.11 Å². The van der Waals surface area contributed by atoms with Crippen LogP contribution in [0.15, 0.2) is 18.2 Å². The van der Waals surface area contributed by atoms with Crippen molar-refractivity contribution in [1.82, 2.24) is 9.88 Å². The summed E-state index contributed by atoms with van der Waals surface area (Å²) in [6.45, 7) is 4.90. The first-order valence-electron chi connectivity index (χ1n) is 5.73. The lowest BCUT2D eigenvalue weighted by molar-refractivity contribution is 0.0690. The number of aromatic carboxylic acids is 1. The molecule has 0 spiro atoms. The standard InChI is InChI=1S/C12H17N3O2/c1-9-8-15(7-6-14(9)2)11-5-3-4-10(13-11)12(16)17/h3-5,9H,6-8H2,1-2H3,(H,16,17). The van der Waals surface area contributed by atoms with Gasteiger partial charge in [-0.25, -0.2) is 9.78 Å². The summed E-state index contributed by atoms with van der Waals surface area (Å²) in [4.78, 5) is 19.5. The van der Waals surface area contributed by atoms with Crippen LogP contribution in [0.25, 0.3) is 0 Å². The van der Waals surface area contributed by atoms with Gasteiger partial charge in [0.2, 0.25) is 0 Å². The van der Waals surface area contributed by atoms with E-state index in [1.165, 1.54) is 6.07 Å². The van der Waals surface area contributed by atoms with Crippen molar-refractivity contribution < 1.29 is 9.90 Å². The zero-order valence-corrected chi connectivity index (χ0v) is 10.1. The van der Waals surface area contributed by atoms with Gasteiger partial charge in [-0.05, 0) is 26.1 Å². The van der Waals surface area contributed by atoms with Gasteiger partial charge in [-0.1, -0.05) is 6.07 Å². The molecule has 0 aliphatic carbocycles. The minimum atomic E-state index is -0.978. The molecule has 0 saturated carbocycles. The summed E-state index contributed by atoms with van der Waals surface area (Å²) in [6.07, 6.45) is 0. The average molecular weight is 235 g/mol. The van der Waals surface area contributed by atoms with Crippen LogP contribution in [0.3, 0.4) is 0 Å². The molecule has 1 unspecified atom stereocenters. The molecule has 1 atom stereocenters. The number of carboxylic acids is 1. The molecule has 1 N–H and O–H groups in total. The minimum Gasteiger partial charge on any atom is -0.477 e. The Bertz CT molecular complexity index is 422. The number of carbonyl (C=O) groups is 1. The van der Waals surface area contributed by atoms with Gasteiger partial charge in [-0.2, -0.15) is 0 Å². The van der Waals surface area contributed by atoms with Crippen LogP contribution in [-0.4, -0.2) is 53.7 Å². The summed E-state index contributed by atoms with van der Waals surface area (Å²) in [6, 6.07) is 5.59. The largest absolute Gasteiger partial charge is 0.477 e. The third-order valence-electron chi connectivity index (χ3n) is 3.24. The Kier molecular flexibility index (Phi) is 3.28. The van der Waals surface area contributed by atoms with Crippen molar-refractivity contribution in [2.75, 3.05) is 31.6 Å². The molecule has 1 aliphatic rings. The number of carboxylic acid groups (broad SMARTS) is 1. The molecule has 0 radical (unpaired) electrons. The molecule has 17 heavy (non-hydrogen) atoms. The van der Waals surface area contributed by atoms with Crippen LogP contribution in [0.4, 0.5) is 5.82 Å². The molecule has 0 aromatic carbocycles. The number of nitrogens with zero attached hydrogens (tertiary/aromatic N) is 3. The van der Waals surface area contributed by atoms with Crippen molar-refractivity contribution in [1.29, 1.82) is 0 Å². The van der Waals surface area contributed by atoms with E-state index in [-0.39, 0.29) is 5.69 Å². The molecule has 1 aliphatic heterocycles. The molecule has 5 heteroatoms. The fourth-order valence-corrected chi connectivity index (χ4v) is 1.98. The molecule has 1 fully saturated rings. The van der Waals surface area contributed by atoms with Crippen LogP contribution < -0.4 is 4.90 Å².